The highest BCUT2D eigenvalue weighted by molar-refractivity contribution is 5.56. The molecule has 1 N–H and O–H groups in total. The van der Waals surface area contributed by atoms with Crippen molar-refractivity contribution < 1.29 is 5.11 Å². The Balaban J connectivity index is 2.15. The van der Waals surface area contributed by atoms with E-state index in [0.29, 0.717) is 0 Å². The third-order valence-electron chi connectivity index (χ3n) is 2.68. The fraction of sp³-hybridized carbons (Fsp3) is 0.385. The number of hydrogen-bond donors (Lipinski definition) is 1. The van der Waals surface area contributed by atoms with Crippen LogP contribution in [0.4, 0.5) is 5.69 Å². The molecule has 0 atom stereocenters. The minimum atomic E-state index is -0.0461. The maximum atomic E-state index is 8.60. The van der Waals surface area contributed by atoms with E-state index >= 15 is 0 Å². The molecular formula is C13H15NO. The van der Waals surface area contributed by atoms with Crippen LogP contribution in [0.5, 0.6) is 0 Å². The minimum absolute atomic E-state index is 0.0461. The van der Waals surface area contributed by atoms with Crippen molar-refractivity contribution in [3.63, 3.8) is 0 Å². The maximum Gasteiger partial charge on any atom is 0.104 e. The van der Waals surface area contributed by atoms with E-state index in [2.05, 4.69) is 41.0 Å². The first-order valence-corrected chi connectivity index (χ1v) is 5.31. The van der Waals surface area contributed by atoms with Crippen molar-refractivity contribution in [2.45, 2.75) is 12.8 Å². The number of nitrogens with zero attached hydrogens (tertiary/aromatic N) is 1. The highest BCUT2D eigenvalue weighted by Crippen LogP contribution is 2.25. The Hall–Kier alpha value is -1.46. The molecule has 0 saturated carbocycles. The van der Waals surface area contributed by atoms with E-state index in [9.17, 15) is 0 Å². The summed E-state index contributed by atoms with van der Waals surface area (Å²) in [6.45, 7) is 1.74. The average Bonchev–Trinajstić information content (AvgIpc) is 2.30. The molecule has 1 aliphatic rings. The second-order valence-electron chi connectivity index (χ2n) is 3.67. The number of aliphatic hydroxyl groups excluding tert-OH is 1. The fourth-order valence-electron chi connectivity index (χ4n) is 1.98. The van der Waals surface area contributed by atoms with Gasteiger partial charge in [0.05, 0.1) is 6.54 Å². The molecule has 15 heavy (non-hydrogen) atoms. The molecule has 78 valence electrons. The molecule has 0 aromatic heterocycles. The lowest BCUT2D eigenvalue weighted by atomic mass is 10.0. The molecule has 1 heterocycles. The summed E-state index contributed by atoms with van der Waals surface area (Å²) in [5.74, 6) is 5.66. The van der Waals surface area contributed by atoms with Gasteiger partial charge in [0.25, 0.3) is 0 Å². The van der Waals surface area contributed by atoms with Crippen LogP contribution in [0.2, 0.25) is 0 Å². The monoisotopic (exact) mass is 201 g/mol. The molecule has 0 spiro atoms. The highest BCUT2D eigenvalue weighted by Gasteiger charge is 2.14. The lowest BCUT2D eigenvalue weighted by Crippen LogP contribution is -2.29. The number of hydrogen-bond acceptors (Lipinski definition) is 2. The number of benzene rings is 1. The molecule has 0 fully saturated rings. The quantitative estimate of drug-likeness (QED) is 0.695. The van der Waals surface area contributed by atoms with Crippen LogP contribution in [-0.4, -0.2) is 24.8 Å². The van der Waals surface area contributed by atoms with E-state index in [1.165, 1.54) is 24.1 Å². The van der Waals surface area contributed by atoms with Gasteiger partial charge in [-0.25, -0.2) is 0 Å². The predicted octanol–water partition coefficient (Wildman–Crippen LogP) is 1.43. The first-order chi connectivity index (χ1) is 7.42. The number of fused-ring (bicyclic) bond motifs is 1. The van der Waals surface area contributed by atoms with E-state index in [-0.39, 0.29) is 6.61 Å². The summed E-state index contributed by atoms with van der Waals surface area (Å²) in [5.41, 5.74) is 2.71. The molecule has 2 rings (SSSR count). The van der Waals surface area contributed by atoms with Crippen molar-refractivity contribution in [3.8, 4) is 11.8 Å². The smallest absolute Gasteiger partial charge is 0.104 e. The largest absolute Gasteiger partial charge is 0.384 e. The normalized spacial score (nSPS) is 14.1. The molecule has 1 aliphatic heterocycles. The van der Waals surface area contributed by atoms with Crippen LogP contribution in [0.15, 0.2) is 24.3 Å². The molecule has 1 aromatic carbocycles. The van der Waals surface area contributed by atoms with Crippen LogP contribution < -0.4 is 4.90 Å². The van der Waals surface area contributed by atoms with Gasteiger partial charge < -0.3 is 10.0 Å². The molecule has 0 bridgehead atoms. The Morgan fingerprint density at radius 1 is 1.27 bits per heavy atom. The zero-order valence-electron chi connectivity index (χ0n) is 8.74. The van der Waals surface area contributed by atoms with Crippen LogP contribution >= 0.6 is 0 Å². The maximum absolute atomic E-state index is 8.60. The SMILES string of the molecule is OCC#CCN1CCCc2ccccc21. The average molecular weight is 201 g/mol. The number of para-hydroxylation sites is 1. The van der Waals surface area contributed by atoms with Crippen molar-refractivity contribution >= 4 is 5.69 Å². The zero-order chi connectivity index (χ0) is 10.5. The molecule has 0 radical (unpaired) electrons. The van der Waals surface area contributed by atoms with Crippen LogP contribution in [0.1, 0.15) is 12.0 Å². The fourth-order valence-corrected chi connectivity index (χ4v) is 1.98. The van der Waals surface area contributed by atoms with Crippen LogP contribution in [0.25, 0.3) is 0 Å². The van der Waals surface area contributed by atoms with E-state index in [1.807, 2.05) is 0 Å². The van der Waals surface area contributed by atoms with Gasteiger partial charge in [0.1, 0.15) is 6.61 Å². The number of anilines is 1. The first kappa shape index (κ1) is 10.1. The lowest BCUT2D eigenvalue weighted by molar-refractivity contribution is 0.350. The minimum Gasteiger partial charge on any atom is -0.384 e. The molecule has 1 aromatic rings. The Labute approximate surface area is 90.5 Å². The molecule has 0 unspecified atom stereocenters. The summed E-state index contributed by atoms with van der Waals surface area (Å²) in [5, 5.41) is 8.60. The Kier molecular flexibility index (Phi) is 3.26. The molecule has 2 heteroatoms. The van der Waals surface area contributed by atoms with Gasteiger partial charge in [0, 0.05) is 12.2 Å². The molecule has 2 nitrogen and oxygen atoms in total. The number of aliphatic hydroxyl groups is 1. The second kappa shape index (κ2) is 4.86. The molecule has 0 saturated heterocycles. The first-order valence-electron chi connectivity index (χ1n) is 5.31. The number of aryl methyl sites for hydroxylation is 1. The van der Waals surface area contributed by atoms with Gasteiger partial charge >= 0.3 is 0 Å². The van der Waals surface area contributed by atoms with Crippen molar-refractivity contribution in [1.29, 1.82) is 0 Å². The Morgan fingerprint density at radius 3 is 3.00 bits per heavy atom. The number of rotatable bonds is 1. The van der Waals surface area contributed by atoms with E-state index in [1.54, 1.807) is 0 Å². The molecular weight excluding hydrogens is 186 g/mol. The summed E-state index contributed by atoms with van der Waals surface area (Å²) in [6, 6.07) is 8.48. The van der Waals surface area contributed by atoms with Crippen LogP contribution in [0, 0.1) is 11.8 Å². The predicted molar refractivity (Wildman–Crippen MR) is 61.8 cm³/mol. The summed E-state index contributed by atoms with van der Waals surface area (Å²) < 4.78 is 0. The zero-order valence-corrected chi connectivity index (χ0v) is 8.74. The summed E-state index contributed by atoms with van der Waals surface area (Å²) in [4.78, 5) is 2.28. The van der Waals surface area contributed by atoms with Crippen molar-refractivity contribution in [2.24, 2.45) is 0 Å². The van der Waals surface area contributed by atoms with Gasteiger partial charge in [-0.2, -0.15) is 0 Å². The topological polar surface area (TPSA) is 23.5 Å². The standard InChI is InChI=1S/C13H15NO/c15-11-4-3-9-14-10-5-7-12-6-1-2-8-13(12)14/h1-2,6,8,15H,5,7,9-11H2. The third kappa shape index (κ3) is 2.31. The van der Waals surface area contributed by atoms with Gasteiger partial charge in [0.2, 0.25) is 0 Å². The van der Waals surface area contributed by atoms with Gasteiger partial charge in [-0.1, -0.05) is 30.0 Å². The Bertz CT molecular complexity index is 389. The van der Waals surface area contributed by atoms with Crippen molar-refractivity contribution in [1.82, 2.24) is 0 Å². The van der Waals surface area contributed by atoms with E-state index in [0.717, 1.165) is 13.1 Å². The van der Waals surface area contributed by atoms with E-state index in [4.69, 9.17) is 5.11 Å². The lowest BCUT2D eigenvalue weighted by Gasteiger charge is -2.29. The van der Waals surface area contributed by atoms with Crippen molar-refractivity contribution in [2.75, 3.05) is 24.6 Å². The van der Waals surface area contributed by atoms with Gasteiger partial charge in [-0.05, 0) is 24.5 Å². The van der Waals surface area contributed by atoms with Gasteiger partial charge in [0.15, 0.2) is 0 Å². The molecule has 0 aliphatic carbocycles. The highest BCUT2D eigenvalue weighted by atomic mass is 16.2. The van der Waals surface area contributed by atoms with Crippen LogP contribution in [-0.2, 0) is 6.42 Å². The van der Waals surface area contributed by atoms with Gasteiger partial charge in [-0.15, -0.1) is 0 Å². The summed E-state index contributed by atoms with van der Waals surface area (Å²) in [7, 11) is 0. The third-order valence-corrected chi connectivity index (χ3v) is 2.68. The van der Waals surface area contributed by atoms with Crippen LogP contribution in [0.3, 0.4) is 0 Å². The van der Waals surface area contributed by atoms with Gasteiger partial charge in [-0.3, -0.25) is 0 Å². The Morgan fingerprint density at radius 2 is 2.13 bits per heavy atom. The summed E-state index contributed by atoms with van der Waals surface area (Å²) >= 11 is 0. The van der Waals surface area contributed by atoms with E-state index < -0.39 is 0 Å². The summed E-state index contributed by atoms with van der Waals surface area (Å²) in [6.07, 6.45) is 2.36. The molecule has 0 amide bonds. The van der Waals surface area contributed by atoms with Crippen molar-refractivity contribution in [3.05, 3.63) is 29.8 Å². The second-order valence-corrected chi connectivity index (χ2v) is 3.67.